The fraction of sp³-hybridized carbons (Fsp3) is 0.913. The molecule has 1 fully saturated rings. The number of allylic oxidation sites excluding steroid dienone is 1. The predicted octanol–water partition coefficient (Wildman–Crippen LogP) is 5.50. The van der Waals surface area contributed by atoms with Gasteiger partial charge in [-0.3, -0.25) is 0 Å². The first kappa shape index (κ1) is 22.9. The van der Waals surface area contributed by atoms with E-state index in [0.29, 0.717) is 25.0 Å². The summed E-state index contributed by atoms with van der Waals surface area (Å²) in [5.41, 5.74) is -0.387. The highest BCUT2D eigenvalue weighted by Crippen LogP contribution is 2.38. The van der Waals surface area contributed by atoms with Gasteiger partial charge in [0.15, 0.2) is 5.79 Å². The molecule has 1 heterocycles. The van der Waals surface area contributed by atoms with Gasteiger partial charge >= 0.3 is 0 Å². The smallest absolute Gasteiger partial charge is 0.188 e. The molecular weight excluding hydrogens is 340 g/mol. The van der Waals surface area contributed by atoms with Crippen LogP contribution in [0, 0.1) is 11.8 Å². The zero-order valence-electron chi connectivity index (χ0n) is 18.8. The van der Waals surface area contributed by atoms with Gasteiger partial charge in [0.25, 0.3) is 0 Å². The minimum atomic E-state index is -0.609. The van der Waals surface area contributed by atoms with Crippen LogP contribution in [-0.4, -0.2) is 42.4 Å². The highest BCUT2D eigenvalue weighted by molar-refractivity contribution is 5.03. The third-order valence-corrected chi connectivity index (χ3v) is 6.65. The molecule has 0 bridgehead atoms. The maximum absolute atomic E-state index is 6.47. The van der Waals surface area contributed by atoms with Crippen LogP contribution in [0.15, 0.2) is 12.2 Å². The molecule has 2 rings (SSSR count). The van der Waals surface area contributed by atoms with Gasteiger partial charge in [-0.25, -0.2) is 0 Å². The summed E-state index contributed by atoms with van der Waals surface area (Å²) < 4.78 is 25.5. The highest BCUT2D eigenvalue weighted by Gasteiger charge is 2.47. The lowest BCUT2D eigenvalue weighted by Crippen LogP contribution is -2.41. The normalized spacial score (nSPS) is 26.3. The molecule has 2 aliphatic rings. The summed E-state index contributed by atoms with van der Waals surface area (Å²) in [5.74, 6) is 0.255. The zero-order valence-corrected chi connectivity index (χ0v) is 18.8. The van der Waals surface area contributed by atoms with Gasteiger partial charge in [-0.05, 0) is 64.9 Å². The average molecular weight is 383 g/mol. The van der Waals surface area contributed by atoms with E-state index in [1.54, 1.807) is 0 Å². The number of hydrogen-bond acceptors (Lipinski definition) is 4. The van der Waals surface area contributed by atoms with E-state index in [1.807, 2.05) is 0 Å². The summed E-state index contributed by atoms with van der Waals surface area (Å²) in [5, 5.41) is 0. The van der Waals surface area contributed by atoms with Crippen LogP contribution in [0.5, 0.6) is 0 Å². The van der Waals surface area contributed by atoms with Crippen LogP contribution in [0.25, 0.3) is 0 Å². The van der Waals surface area contributed by atoms with Gasteiger partial charge < -0.3 is 18.9 Å². The lowest BCUT2D eigenvalue weighted by atomic mass is 9.94. The molecule has 0 saturated carbocycles. The van der Waals surface area contributed by atoms with Crippen LogP contribution >= 0.6 is 0 Å². The lowest BCUT2D eigenvalue weighted by molar-refractivity contribution is -0.160. The van der Waals surface area contributed by atoms with Crippen LogP contribution in [0.3, 0.4) is 0 Å². The van der Waals surface area contributed by atoms with Crippen LogP contribution in [0.2, 0.25) is 0 Å². The van der Waals surface area contributed by atoms with Crippen LogP contribution < -0.4 is 0 Å². The standard InChI is InChI=1S/C23H42O4/c1-17(2)21(5,6)24-15-19-20(16-25-22(7,8)18(3)4)27-23(26-19)13-11-9-10-12-14-23/h11,13,17-20H,9-10,12,14-16H2,1-8H3/t19-,20-/m0/s1. The lowest BCUT2D eigenvalue weighted by Gasteiger charge is -2.33. The number of ether oxygens (including phenoxy) is 4. The second-order valence-corrected chi connectivity index (χ2v) is 9.91. The molecule has 0 radical (unpaired) electrons. The Labute approximate surface area is 167 Å². The molecule has 0 aromatic heterocycles. The summed E-state index contributed by atoms with van der Waals surface area (Å²) in [4.78, 5) is 0. The zero-order chi connectivity index (χ0) is 20.3. The first-order valence-corrected chi connectivity index (χ1v) is 10.8. The molecule has 27 heavy (non-hydrogen) atoms. The van der Waals surface area contributed by atoms with Crippen molar-refractivity contribution in [2.45, 2.75) is 110 Å². The van der Waals surface area contributed by atoms with Crippen molar-refractivity contribution in [1.29, 1.82) is 0 Å². The molecule has 0 N–H and O–H groups in total. The van der Waals surface area contributed by atoms with Crippen LogP contribution in [0.1, 0.15) is 81.1 Å². The Morgan fingerprint density at radius 3 is 1.81 bits per heavy atom. The van der Waals surface area contributed by atoms with Crippen molar-refractivity contribution >= 4 is 0 Å². The fourth-order valence-electron chi connectivity index (χ4n) is 3.08. The Morgan fingerprint density at radius 2 is 1.37 bits per heavy atom. The molecule has 0 amide bonds. The summed E-state index contributed by atoms with van der Waals surface area (Å²) >= 11 is 0. The highest BCUT2D eigenvalue weighted by atomic mass is 16.8. The Balaban J connectivity index is 2.08. The quantitative estimate of drug-likeness (QED) is 0.520. The monoisotopic (exact) mass is 382 g/mol. The molecule has 1 spiro atoms. The van der Waals surface area contributed by atoms with Gasteiger partial charge in [-0.1, -0.05) is 33.8 Å². The largest absolute Gasteiger partial charge is 0.373 e. The second-order valence-electron chi connectivity index (χ2n) is 9.91. The van der Waals surface area contributed by atoms with Crippen LogP contribution in [0.4, 0.5) is 0 Å². The maximum atomic E-state index is 6.47. The molecule has 1 aliphatic carbocycles. The predicted molar refractivity (Wildman–Crippen MR) is 110 cm³/mol. The topological polar surface area (TPSA) is 36.9 Å². The van der Waals surface area contributed by atoms with E-state index < -0.39 is 5.79 Å². The Hall–Kier alpha value is -0.420. The molecule has 0 aromatic carbocycles. The molecule has 0 aromatic rings. The second kappa shape index (κ2) is 8.94. The van der Waals surface area contributed by atoms with Crippen molar-refractivity contribution in [3.63, 3.8) is 0 Å². The SMILES string of the molecule is CC(C)C(C)(C)OC[C@@H]1OC2(C=CCCCC2)O[C@H]1COC(C)(C)C(C)C. The minimum absolute atomic E-state index is 0.117. The van der Waals surface area contributed by atoms with Gasteiger partial charge in [0, 0.05) is 6.42 Å². The summed E-state index contributed by atoms with van der Waals surface area (Å²) in [6.07, 6.45) is 8.38. The first-order chi connectivity index (χ1) is 12.5. The Bertz CT molecular complexity index is 461. The molecule has 4 nitrogen and oxygen atoms in total. The average Bonchev–Trinajstić information content (AvgIpc) is 2.75. The van der Waals surface area contributed by atoms with E-state index in [0.717, 1.165) is 19.3 Å². The van der Waals surface area contributed by atoms with Crippen molar-refractivity contribution in [2.24, 2.45) is 11.8 Å². The Morgan fingerprint density at radius 1 is 0.889 bits per heavy atom. The molecule has 1 saturated heterocycles. The van der Waals surface area contributed by atoms with E-state index in [-0.39, 0.29) is 23.4 Å². The van der Waals surface area contributed by atoms with Gasteiger partial charge in [0.1, 0.15) is 12.2 Å². The summed E-state index contributed by atoms with van der Waals surface area (Å²) in [6.45, 7) is 18.4. The number of hydrogen-bond donors (Lipinski definition) is 0. The third-order valence-electron chi connectivity index (χ3n) is 6.65. The van der Waals surface area contributed by atoms with Crippen molar-refractivity contribution in [2.75, 3.05) is 13.2 Å². The minimum Gasteiger partial charge on any atom is -0.373 e. The molecular formula is C23H42O4. The first-order valence-electron chi connectivity index (χ1n) is 10.8. The van der Waals surface area contributed by atoms with Crippen molar-refractivity contribution in [1.82, 2.24) is 0 Å². The van der Waals surface area contributed by atoms with E-state index in [2.05, 4.69) is 67.5 Å². The van der Waals surface area contributed by atoms with E-state index in [4.69, 9.17) is 18.9 Å². The van der Waals surface area contributed by atoms with Gasteiger partial charge in [-0.15, -0.1) is 0 Å². The van der Waals surface area contributed by atoms with Crippen molar-refractivity contribution in [3.8, 4) is 0 Å². The molecule has 2 atom stereocenters. The fourth-order valence-corrected chi connectivity index (χ4v) is 3.08. The third kappa shape index (κ3) is 6.03. The Kier molecular flexibility index (Phi) is 7.57. The van der Waals surface area contributed by atoms with E-state index >= 15 is 0 Å². The molecule has 158 valence electrons. The number of rotatable bonds is 8. The van der Waals surface area contributed by atoms with E-state index in [9.17, 15) is 0 Å². The van der Waals surface area contributed by atoms with Crippen molar-refractivity contribution < 1.29 is 18.9 Å². The van der Waals surface area contributed by atoms with Crippen LogP contribution in [-0.2, 0) is 18.9 Å². The van der Waals surface area contributed by atoms with Gasteiger partial charge in [-0.2, -0.15) is 0 Å². The van der Waals surface area contributed by atoms with E-state index in [1.165, 1.54) is 6.42 Å². The summed E-state index contributed by atoms with van der Waals surface area (Å²) in [7, 11) is 0. The van der Waals surface area contributed by atoms with Crippen molar-refractivity contribution in [3.05, 3.63) is 12.2 Å². The van der Waals surface area contributed by atoms with Gasteiger partial charge in [0.2, 0.25) is 0 Å². The maximum Gasteiger partial charge on any atom is 0.188 e. The van der Waals surface area contributed by atoms with Gasteiger partial charge in [0.05, 0.1) is 24.4 Å². The molecule has 1 aliphatic heterocycles. The summed E-state index contributed by atoms with van der Waals surface area (Å²) in [6, 6.07) is 0. The molecule has 4 heteroatoms. The molecule has 0 unspecified atom stereocenters.